The van der Waals surface area contributed by atoms with Gasteiger partial charge in [-0.1, -0.05) is 6.92 Å². The first kappa shape index (κ1) is 16.7. The van der Waals surface area contributed by atoms with Crippen LogP contribution in [-0.4, -0.2) is 21.2 Å². The Labute approximate surface area is 143 Å². The predicted molar refractivity (Wildman–Crippen MR) is 91.3 cm³/mol. The molecule has 1 fully saturated rings. The molecule has 1 aliphatic rings. The second kappa shape index (κ2) is 6.04. The Balaban J connectivity index is 2.05. The van der Waals surface area contributed by atoms with Crippen LogP contribution >= 0.6 is 0 Å². The molecule has 2 aromatic rings. The lowest BCUT2D eigenvalue weighted by Crippen LogP contribution is -2.43. The molecule has 24 heavy (non-hydrogen) atoms. The van der Waals surface area contributed by atoms with Crippen LogP contribution in [0.1, 0.15) is 75.7 Å². The van der Waals surface area contributed by atoms with E-state index in [4.69, 9.17) is 0 Å². The third-order valence-electron chi connectivity index (χ3n) is 5.25. The Morgan fingerprint density at radius 1 is 1.08 bits per heavy atom. The van der Waals surface area contributed by atoms with Gasteiger partial charge in [0.2, 0.25) is 6.29 Å². The molecular weight excluding hydrogens is 300 g/mol. The van der Waals surface area contributed by atoms with Crippen molar-refractivity contribution in [3.8, 4) is 0 Å². The van der Waals surface area contributed by atoms with E-state index in [2.05, 4.69) is 47.2 Å². The van der Waals surface area contributed by atoms with E-state index in [1.165, 1.54) is 5.56 Å². The van der Waals surface area contributed by atoms with Crippen LogP contribution in [0.15, 0.2) is 0 Å². The smallest absolute Gasteiger partial charge is 0.289 e. The number of nitrogens with zero attached hydrogens (tertiary/aromatic N) is 4. The van der Waals surface area contributed by atoms with Crippen LogP contribution in [-0.2, 0) is 6.42 Å². The lowest BCUT2D eigenvalue weighted by molar-refractivity contribution is -0.711. The van der Waals surface area contributed by atoms with Crippen molar-refractivity contribution in [2.24, 2.45) is 0 Å². The molecule has 1 saturated carbocycles. The second-order valence-corrected chi connectivity index (χ2v) is 6.74. The second-order valence-electron chi connectivity index (χ2n) is 6.74. The van der Waals surface area contributed by atoms with Gasteiger partial charge in [0.05, 0.1) is 5.69 Å². The fourth-order valence-electron chi connectivity index (χ4n) is 3.60. The van der Waals surface area contributed by atoms with Gasteiger partial charge in [-0.15, -0.1) is 0 Å². The zero-order valence-electron chi connectivity index (χ0n) is 15.3. The van der Waals surface area contributed by atoms with Gasteiger partial charge in [0.25, 0.3) is 0 Å². The van der Waals surface area contributed by atoms with Crippen LogP contribution < -0.4 is 4.57 Å². The third kappa shape index (κ3) is 2.62. The molecule has 0 radical (unpaired) electrons. The molecule has 0 aliphatic heterocycles. The monoisotopic (exact) mass is 325 g/mol. The van der Waals surface area contributed by atoms with Gasteiger partial charge in [-0.3, -0.25) is 4.79 Å². The zero-order valence-corrected chi connectivity index (χ0v) is 15.3. The van der Waals surface area contributed by atoms with Gasteiger partial charge >= 0.3 is 5.82 Å². The summed E-state index contributed by atoms with van der Waals surface area (Å²) in [7, 11) is 0. The summed E-state index contributed by atoms with van der Waals surface area (Å²) in [5, 5.41) is 0. The van der Waals surface area contributed by atoms with Crippen molar-refractivity contribution in [2.75, 3.05) is 0 Å². The van der Waals surface area contributed by atoms with Gasteiger partial charge in [-0.05, 0) is 45.2 Å². The molecule has 1 aliphatic carbocycles. The van der Waals surface area contributed by atoms with Gasteiger partial charge in [0, 0.05) is 30.0 Å². The maximum absolute atomic E-state index is 11.6. The van der Waals surface area contributed by atoms with Crippen LogP contribution in [0.4, 0.5) is 0 Å². The topological polar surface area (TPSA) is 59.6 Å². The predicted octanol–water partition coefficient (Wildman–Crippen LogP) is 2.80. The van der Waals surface area contributed by atoms with Gasteiger partial charge in [0.15, 0.2) is 5.69 Å². The van der Waals surface area contributed by atoms with E-state index < -0.39 is 0 Å². The lowest BCUT2D eigenvalue weighted by Gasteiger charge is -2.11. The normalized spacial score (nSPS) is 19.4. The molecular formula is C19H25N4O+. The first-order chi connectivity index (χ1) is 11.4. The highest BCUT2D eigenvalue weighted by atomic mass is 16.1. The van der Waals surface area contributed by atoms with Crippen LogP contribution in [0.3, 0.4) is 0 Å². The average Bonchev–Trinajstić information content (AvgIpc) is 3.33. The molecule has 0 bridgehead atoms. The molecule has 0 aromatic carbocycles. The molecule has 2 atom stereocenters. The molecule has 126 valence electrons. The number of rotatable bonds is 4. The van der Waals surface area contributed by atoms with E-state index in [0.29, 0.717) is 11.7 Å². The van der Waals surface area contributed by atoms with E-state index >= 15 is 0 Å². The fourth-order valence-corrected chi connectivity index (χ4v) is 3.60. The van der Waals surface area contributed by atoms with Crippen LogP contribution in [0, 0.1) is 34.6 Å². The van der Waals surface area contributed by atoms with Crippen molar-refractivity contribution >= 4 is 6.29 Å². The van der Waals surface area contributed by atoms with Crippen LogP contribution in [0.25, 0.3) is 0 Å². The average molecular weight is 325 g/mol. The minimum absolute atomic E-state index is 0.259. The van der Waals surface area contributed by atoms with E-state index in [-0.39, 0.29) is 6.04 Å². The maximum atomic E-state index is 11.6. The Morgan fingerprint density at radius 2 is 1.79 bits per heavy atom. The molecule has 0 amide bonds. The SMILES string of the molecule is CCc1nc(C=O)[n+](C2CC2c2nc(C)nc(C)c2C)c(C)c1C. The molecule has 5 heteroatoms. The first-order valence-corrected chi connectivity index (χ1v) is 8.57. The summed E-state index contributed by atoms with van der Waals surface area (Å²) in [4.78, 5) is 25.3. The highest BCUT2D eigenvalue weighted by molar-refractivity contribution is 5.66. The molecule has 0 N–H and O–H groups in total. The minimum Gasteiger partial charge on any atom is -0.289 e. The quantitative estimate of drug-likeness (QED) is 0.640. The number of hydrogen-bond donors (Lipinski definition) is 0. The molecule has 2 unspecified atom stereocenters. The summed E-state index contributed by atoms with van der Waals surface area (Å²) >= 11 is 0. The van der Waals surface area contributed by atoms with E-state index in [1.54, 1.807) is 0 Å². The lowest BCUT2D eigenvalue weighted by atomic mass is 10.1. The van der Waals surface area contributed by atoms with Crippen molar-refractivity contribution in [1.29, 1.82) is 0 Å². The molecule has 3 rings (SSSR count). The Morgan fingerprint density at radius 3 is 2.42 bits per heavy atom. The van der Waals surface area contributed by atoms with Gasteiger partial charge in [-0.25, -0.2) is 14.5 Å². The summed E-state index contributed by atoms with van der Waals surface area (Å²) < 4.78 is 2.11. The number of aromatic nitrogens is 4. The summed E-state index contributed by atoms with van der Waals surface area (Å²) in [5.74, 6) is 1.68. The van der Waals surface area contributed by atoms with Crippen molar-refractivity contribution in [1.82, 2.24) is 15.0 Å². The standard InChI is InChI=1S/C19H25N4O/c1-7-16-11(3)13(5)23(18(9-24)22-16)17-8-15(17)19-10(2)12(4)20-14(6)21-19/h9,15,17H,7-8H2,1-6H3/q+1. The number of aryl methyl sites for hydroxylation is 3. The summed E-state index contributed by atoms with van der Waals surface area (Å²) in [6, 6.07) is 0.259. The summed E-state index contributed by atoms with van der Waals surface area (Å²) in [6.45, 7) is 12.3. The molecule has 2 aromatic heterocycles. The summed E-state index contributed by atoms with van der Waals surface area (Å²) in [5.41, 5.74) is 6.64. The third-order valence-corrected chi connectivity index (χ3v) is 5.25. The zero-order chi connectivity index (χ0) is 17.6. The summed E-state index contributed by atoms with van der Waals surface area (Å²) in [6.07, 6.45) is 2.71. The highest BCUT2D eigenvalue weighted by Gasteiger charge is 2.48. The molecule has 0 saturated heterocycles. The molecule has 5 nitrogen and oxygen atoms in total. The van der Waals surface area contributed by atoms with Crippen molar-refractivity contribution in [3.63, 3.8) is 0 Å². The van der Waals surface area contributed by atoms with Crippen molar-refractivity contribution in [3.05, 3.63) is 45.6 Å². The van der Waals surface area contributed by atoms with Gasteiger partial charge < -0.3 is 0 Å². The molecule has 0 spiro atoms. The fraction of sp³-hybridized carbons (Fsp3) is 0.526. The number of hydrogen-bond acceptors (Lipinski definition) is 4. The number of aldehydes is 1. The van der Waals surface area contributed by atoms with Crippen LogP contribution in [0.5, 0.6) is 0 Å². The van der Waals surface area contributed by atoms with E-state index in [0.717, 1.165) is 53.3 Å². The first-order valence-electron chi connectivity index (χ1n) is 8.57. The van der Waals surface area contributed by atoms with E-state index in [1.807, 2.05) is 13.8 Å². The maximum Gasteiger partial charge on any atom is 0.363 e. The highest BCUT2D eigenvalue weighted by Crippen LogP contribution is 2.48. The van der Waals surface area contributed by atoms with Crippen molar-refractivity contribution in [2.45, 2.75) is 66.3 Å². The van der Waals surface area contributed by atoms with Crippen molar-refractivity contribution < 1.29 is 9.36 Å². The van der Waals surface area contributed by atoms with Crippen LogP contribution in [0.2, 0.25) is 0 Å². The Hall–Kier alpha value is -2.17. The Kier molecular flexibility index (Phi) is 4.20. The number of carbonyl (C=O) groups is 1. The minimum atomic E-state index is 0.259. The largest absolute Gasteiger partial charge is 0.363 e. The molecule has 2 heterocycles. The van der Waals surface area contributed by atoms with E-state index in [9.17, 15) is 4.79 Å². The van der Waals surface area contributed by atoms with Gasteiger partial charge in [0.1, 0.15) is 17.6 Å². The van der Waals surface area contributed by atoms with Gasteiger partial charge in [-0.2, -0.15) is 0 Å². The Bertz CT molecular complexity index is 829. The number of carbonyl (C=O) groups excluding carboxylic acids is 1.